The topological polar surface area (TPSA) is 57.6 Å². The van der Waals surface area contributed by atoms with Gasteiger partial charge in [-0.15, -0.1) is 0 Å². The van der Waals surface area contributed by atoms with Gasteiger partial charge in [-0.2, -0.15) is 0 Å². The predicted molar refractivity (Wildman–Crippen MR) is 105 cm³/mol. The molecular formula is C20H33N3O4. The molecule has 1 N–H and O–H groups in total. The van der Waals surface area contributed by atoms with Crippen LogP contribution in [0.4, 0.5) is 0 Å². The molecular weight excluding hydrogens is 346 g/mol. The monoisotopic (exact) mass is 379 g/mol. The first-order chi connectivity index (χ1) is 13.1. The fourth-order valence-electron chi connectivity index (χ4n) is 3.49. The summed E-state index contributed by atoms with van der Waals surface area (Å²) in [4.78, 5) is 6.97. The number of benzene rings is 1. The Balaban J connectivity index is 1.55. The molecule has 7 nitrogen and oxygen atoms in total. The number of rotatable bonds is 8. The van der Waals surface area contributed by atoms with Gasteiger partial charge in [0.25, 0.3) is 0 Å². The van der Waals surface area contributed by atoms with Crippen LogP contribution in [-0.2, 0) is 11.3 Å². The van der Waals surface area contributed by atoms with Crippen molar-refractivity contribution in [3.05, 3.63) is 23.8 Å². The van der Waals surface area contributed by atoms with E-state index in [-0.39, 0.29) is 6.61 Å². The van der Waals surface area contributed by atoms with Gasteiger partial charge in [-0.3, -0.25) is 9.80 Å². The maximum atomic E-state index is 10.4. The van der Waals surface area contributed by atoms with Gasteiger partial charge in [-0.05, 0) is 13.1 Å². The Bertz CT molecular complexity index is 572. The van der Waals surface area contributed by atoms with Gasteiger partial charge in [0.1, 0.15) is 24.2 Å². The fourth-order valence-corrected chi connectivity index (χ4v) is 3.49. The SMILES string of the molecule is COc1ccc(CN2CCOCC2)c(OCC(O)CN2CCN(C)CC2)c1. The molecule has 0 spiro atoms. The van der Waals surface area contributed by atoms with Crippen molar-refractivity contribution in [1.82, 2.24) is 14.7 Å². The quantitative estimate of drug-likeness (QED) is 0.706. The summed E-state index contributed by atoms with van der Waals surface area (Å²) in [5.74, 6) is 1.56. The van der Waals surface area contributed by atoms with Crippen LogP contribution in [0, 0.1) is 0 Å². The third kappa shape index (κ3) is 6.33. The van der Waals surface area contributed by atoms with Crippen molar-refractivity contribution in [3.8, 4) is 11.5 Å². The highest BCUT2D eigenvalue weighted by Crippen LogP contribution is 2.26. The Morgan fingerprint density at radius 2 is 1.81 bits per heavy atom. The number of morpholine rings is 1. The summed E-state index contributed by atoms with van der Waals surface area (Å²) in [6.07, 6.45) is -0.504. The molecule has 0 amide bonds. The first-order valence-corrected chi connectivity index (χ1v) is 9.83. The number of hydrogen-bond acceptors (Lipinski definition) is 7. The summed E-state index contributed by atoms with van der Waals surface area (Å²) in [5.41, 5.74) is 1.12. The average molecular weight is 380 g/mol. The van der Waals surface area contributed by atoms with Crippen LogP contribution >= 0.6 is 0 Å². The lowest BCUT2D eigenvalue weighted by molar-refractivity contribution is 0.0328. The highest BCUT2D eigenvalue weighted by molar-refractivity contribution is 5.40. The van der Waals surface area contributed by atoms with Crippen molar-refractivity contribution in [2.75, 3.05) is 79.8 Å². The summed E-state index contributed by atoms with van der Waals surface area (Å²) in [7, 11) is 3.79. The molecule has 2 saturated heterocycles. The van der Waals surface area contributed by atoms with Gasteiger partial charge in [0.15, 0.2) is 0 Å². The zero-order chi connectivity index (χ0) is 19.1. The molecule has 0 bridgehead atoms. The van der Waals surface area contributed by atoms with Gasteiger partial charge in [0.05, 0.1) is 20.3 Å². The van der Waals surface area contributed by atoms with E-state index in [4.69, 9.17) is 14.2 Å². The summed E-state index contributed by atoms with van der Waals surface area (Å²) in [6.45, 7) is 9.24. The smallest absolute Gasteiger partial charge is 0.127 e. The molecule has 1 aromatic rings. The Hall–Kier alpha value is -1.38. The van der Waals surface area contributed by atoms with Crippen LogP contribution in [-0.4, -0.2) is 106 Å². The molecule has 2 fully saturated rings. The second-order valence-electron chi connectivity index (χ2n) is 7.43. The van der Waals surface area contributed by atoms with Crippen molar-refractivity contribution in [2.24, 2.45) is 0 Å². The zero-order valence-electron chi connectivity index (χ0n) is 16.6. The lowest BCUT2D eigenvalue weighted by Crippen LogP contribution is -2.47. The van der Waals surface area contributed by atoms with Gasteiger partial charge < -0.3 is 24.2 Å². The largest absolute Gasteiger partial charge is 0.497 e. The van der Waals surface area contributed by atoms with E-state index in [1.807, 2.05) is 12.1 Å². The lowest BCUT2D eigenvalue weighted by atomic mass is 10.1. The molecule has 0 aromatic heterocycles. The van der Waals surface area contributed by atoms with Crippen LogP contribution in [0.5, 0.6) is 11.5 Å². The predicted octanol–water partition coefficient (Wildman–Crippen LogP) is 0.515. The van der Waals surface area contributed by atoms with Crippen LogP contribution in [0.25, 0.3) is 0 Å². The van der Waals surface area contributed by atoms with Crippen molar-refractivity contribution >= 4 is 0 Å². The Kier molecular flexibility index (Phi) is 7.72. The maximum Gasteiger partial charge on any atom is 0.127 e. The van der Waals surface area contributed by atoms with Crippen molar-refractivity contribution in [2.45, 2.75) is 12.6 Å². The molecule has 1 atom stereocenters. The third-order valence-electron chi connectivity index (χ3n) is 5.27. The molecule has 2 aliphatic rings. The van der Waals surface area contributed by atoms with Crippen LogP contribution in [0.15, 0.2) is 18.2 Å². The highest BCUT2D eigenvalue weighted by atomic mass is 16.5. The molecule has 2 heterocycles. The lowest BCUT2D eigenvalue weighted by Gasteiger charge is -2.33. The average Bonchev–Trinajstić information content (AvgIpc) is 2.70. The fraction of sp³-hybridized carbons (Fsp3) is 0.700. The van der Waals surface area contributed by atoms with E-state index >= 15 is 0 Å². The minimum atomic E-state index is -0.504. The number of likely N-dealkylation sites (N-methyl/N-ethyl adjacent to an activating group) is 1. The number of methoxy groups -OCH3 is 1. The first-order valence-electron chi connectivity index (χ1n) is 9.83. The van der Waals surface area contributed by atoms with Crippen LogP contribution < -0.4 is 9.47 Å². The normalized spacial score (nSPS) is 21.1. The van der Waals surface area contributed by atoms with Gasteiger partial charge in [0.2, 0.25) is 0 Å². The number of aliphatic hydroxyl groups is 1. The Morgan fingerprint density at radius 1 is 1.07 bits per heavy atom. The summed E-state index contributed by atoms with van der Waals surface area (Å²) in [6, 6.07) is 5.93. The minimum Gasteiger partial charge on any atom is -0.497 e. The number of ether oxygens (including phenoxy) is 3. The molecule has 0 radical (unpaired) electrons. The summed E-state index contributed by atoms with van der Waals surface area (Å²) < 4.78 is 16.8. The molecule has 152 valence electrons. The number of hydrogen-bond donors (Lipinski definition) is 1. The van der Waals surface area contributed by atoms with E-state index in [1.54, 1.807) is 7.11 Å². The minimum absolute atomic E-state index is 0.287. The second kappa shape index (κ2) is 10.2. The van der Waals surface area contributed by atoms with Gasteiger partial charge in [0, 0.05) is 64.0 Å². The molecule has 1 aromatic carbocycles. The molecule has 3 rings (SSSR count). The van der Waals surface area contributed by atoms with E-state index in [9.17, 15) is 5.11 Å². The molecule has 2 aliphatic heterocycles. The van der Waals surface area contributed by atoms with Gasteiger partial charge >= 0.3 is 0 Å². The Morgan fingerprint density at radius 3 is 2.52 bits per heavy atom. The standard InChI is InChI=1S/C20H33N3O4/c1-21-5-7-22(8-6-21)15-18(24)16-27-20-13-19(25-2)4-3-17(20)14-23-9-11-26-12-10-23/h3-4,13,18,24H,5-12,14-16H2,1-2H3. The molecule has 7 heteroatoms. The van der Waals surface area contributed by atoms with E-state index in [0.717, 1.165) is 76.1 Å². The molecule has 27 heavy (non-hydrogen) atoms. The molecule has 0 aliphatic carbocycles. The summed E-state index contributed by atoms with van der Waals surface area (Å²) in [5, 5.41) is 10.4. The van der Waals surface area contributed by atoms with E-state index in [2.05, 4.69) is 27.8 Å². The van der Waals surface area contributed by atoms with E-state index < -0.39 is 6.10 Å². The first kappa shape index (κ1) is 20.4. The van der Waals surface area contributed by atoms with Crippen LogP contribution in [0.3, 0.4) is 0 Å². The van der Waals surface area contributed by atoms with Gasteiger partial charge in [-0.1, -0.05) is 6.07 Å². The third-order valence-corrected chi connectivity index (χ3v) is 5.27. The second-order valence-corrected chi connectivity index (χ2v) is 7.43. The summed E-state index contributed by atoms with van der Waals surface area (Å²) >= 11 is 0. The van der Waals surface area contributed by atoms with Crippen molar-refractivity contribution < 1.29 is 19.3 Å². The van der Waals surface area contributed by atoms with E-state index in [1.165, 1.54) is 0 Å². The molecule has 1 unspecified atom stereocenters. The zero-order valence-corrected chi connectivity index (χ0v) is 16.6. The van der Waals surface area contributed by atoms with Crippen LogP contribution in [0.2, 0.25) is 0 Å². The number of aliphatic hydroxyl groups excluding tert-OH is 1. The van der Waals surface area contributed by atoms with Crippen molar-refractivity contribution in [1.29, 1.82) is 0 Å². The number of β-amino-alcohol motifs (C(OH)–C–C–N with tert-alkyl or cyclic N) is 1. The molecule has 0 saturated carbocycles. The van der Waals surface area contributed by atoms with E-state index in [0.29, 0.717) is 6.54 Å². The van der Waals surface area contributed by atoms with Gasteiger partial charge in [-0.25, -0.2) is 0 Å². The highest BCUT2D eigenvalue weighted by Gasteiger charge is 2.19. The number of piperazine rings is 1. The van der Waals surface area contributed by atoms with Crippen molar-refractivity contribution in [3.63, 3.8) is 0 Å². The number of nitrogens with zero attached hydrogens (tertiary/aromatic N) is 3. The Labute approximate surface area is 162 Å². The van der Waals surface area contributed by atoms with Crippen LogP contribution in [0.1, 0.15) is 5.56 Å². The maximum absolute atomic E-state index is 10.4.